The molecule has 90 valence electrons. The largest absolute Gasteiger partial charge is 0.143 e. The number of benzene rings is 1. The van der Waals surface area contributed by atoms with Crippen molar-refractivity contribution in [3.63, 3.8) is 0 Å². The molecule has 2 aromatic rings. The van der Waals surface area contributed by atoms with Crippen molar-refractivity contribution in [2.75, 3.05) is 0 Å². The Morgan fingerprint density at radius 3 is 2.35 bits per heavy atom. The first kappa shape index (κ1) is 14.3. The second-order valence-electron chi connectivity index (χ2n) is 3.60. The van der Waals surface area contributed by atoms with E-state index in [1.54, 1.807) is 11.3 Å². The van der Waals surface area contributed by atoms with Crippen molar-refractivity contribution in [1.29, 1.82) is 0 Å². The Hall–Kier alpha value is 0.840. The summed E-state index contributed by atoms with van der Waals surface area (Å²) in [6.07, 6.45) is 0. The number of halogens is 4. The molecule has 0 radical (unpaired) electrons. The minimum atomic E-state index is 0.197. The monoisotopic (exact) mass is 500 g/mol. The zero-order chi connectivity index (χ0) is 12.6. The summed E-state index contributed by atoms with van der Waals surface area (Å²) in [6.45, 7) is 2.12. The Morgan fingerprint density at radius 1 is 1.06 bits per heavy atom. The predicted molar refractivity (Wildman–Crippen MR) is 89.4 cm³/mol. The van der Waals surface area contributed by atoms with Crippen molar-refractivity contribution < 1.29 is 0 Å². The summed E-state index contributed by atoms with van der Waals surface area (Å²) in [4.78, 5) is 2.80. The number of hydrogen-bond acceptors (Lipinski definition) is 1. The predicted octanol–water partition coefficient (Wildman–Crippen LogP) is 6.83. The van der Waals surface area contributed by atoms with E-state index < -0.39 is 0 Å². The molecule has 1 atom stereocenters. The van der Waals surface area contributed by atoms with Gasteiger partial charge >= 0.3 is 0 Å². The lowest BCUT2D eigenvalue weighted by molar-refractivity contribution is 1.19. The summed E-state index contributed by atoms with van der Waals surface area (Å²) in [6, 6.07) is 8.37. The molecule has 0 spiro atoms. The van der Waals surface area contributed by atoms with E-state index in [9.17, 15) is 0 Å². The number of hydrogen-bond donors (Lipinski definition) is 0. The van der Waals surface area contributed by atoms with E-state index in [0.717, 1.165) is 13.4 Å². The molecule has 1 heterocycles. The first-order chi connectivity index (χ1) is 7.99. The van der Waals surface area contributed by atoms with E-state index >= 15 is 0 Å². The number of aryl methyl sites for hydroxylation is 1. The summed E-state index contributed by atoms with van der Waals surface area (Å²) < 4.78 is 3.36. The highest BCUT2D eigenvalue weighted by molar-refractivity contribution is 9.11. The first-order valence-corrected chi connectivity index (χ1v) is 8.95. The highest BCUT2D eigenvalue weighted by atomic mass is 79.9. The molecule has 1 aromatic carbocycles. The Labute approximate surface area is 138 Å². The van der Waals surface area contributed by atoms with E-state index in [2.05, 4.69) is 88.8 Å². The Kier molecular flexibility index (Phi) is 4.92. The van der Waals surface area contributed by atoms with Gasteiger partial charge in [0, 0.05) is 23.2 Å². The lowest BCUT2D eigenvalue weighted by Gasteiger charge is -2.12. The van der Waals surface area contributed by atoms with Crippen LogP contribution in [0.3, 0.4) is 0 Å². The molecule has 17 heavy (non-hydrogen) atoms. The van der Waals surface area contributed by atoms with Gasteiger partial charge in [-0.05, 0) is 52.7 Å². The van der Waals surface area contributed by atoms with Crippen LogP contribution < -0.4 is 0 Å². The maximum Gasteiger partial charge on any atom is 0.0760 e. The Morgan fingerprint density at radius 2 is 1.76 bits per heavy atom. The van der Waals surface area contributed by atoms with Crippen LogP contribution in [0.2, 0.25) is 0 Å². The van der Waals surface area contributed by atoms with Gasteiger partial charge in [-0.15, -0.1) is 11.3 Å². The van der Waals surface area contributed by atoms with E-state index in [0.29, 0.717) is 0 Å². The zero-order valence-electron chi connectivity index (χ0n) is 8.81. The quantitative estimate of drug-likeness (QED) is 0.394. The van der Waals surface area contributed by atoms with Crippen LogP contribution in [-0.4, -0.2) is 0 Å². The van der Waals surface area contributed by atoms with Crippen LogP contribution in [0.4, 0.5) is 0 Å². The number of alkyl halides is 1. The van der Waals surface area contributed by atoms with Gasteiger partial charge in [0.15, 0.2) is 0 Å². The fourth-order valence-electron chi connectivity index (χ4n) is 1.52. The fourth-order valence-corrected chi connectivity index (χ4v) is 5.78. The maximum atomic E-state index is 3.77. The molecule has 0 nitrogen and oxygen atoms in total. The molecule has 1 unspecified atom stereocenters. The molecule has 0 fully saturated rings. The standard InChI is InChI=1S/C12H8Br4S/c1-6-4-10(15)12(17-6)11(16)8-5-7(13)2-3-9(8)14/h2-5,11H,1H3. The van der Waals surface area contributed by atoms with Crippen LogP contribution >= 0.6 is 75.1 Å². The van der Waals surface area contributed by atoms with Gasteiger partial charge in [0.25, 0.3) is 0 Å². The van der Waals surface area contributed by atoms with Crippen molar-refractivity contribution in [3.05, 3.63) is 53.0 Å². The number of thiophene rings is 1. The van der Waals surface area contributed by atoms with E-state index in [4.69, 9.17) is 0 Å². The van der Waals surface area contributed by atoms with Crippen molar-refractivity contribution in [1.82, 2.24) is 0 Å². The Bertz CT molecular complexity index is 547. The van der Waals surface area contributed by atoms with E-state index in [1.165, 1.54) is 15.3 Å². The molecule has 1 aromatic heterocycles. The van der Waals surface area contributed by atoms with Crippen molar-refractivity contribution in [2.24, 2.45) is 0 Å². The molecule has 0 bridgehead atoms. The molecule has 0 aliphatic heterocycles. The topological polar surface area (TPSA) is 0 Å². The second kappa shape index (κ2) is 5.87. The van der Waals surface area contributed by atoms with Crippen molar-refractivity contribution in [2.45, 2.75) is 11.8 Å². The van der Waals surface area contributed by atoms with Crippen molar-refractivity contribution in [3.8, 4) is 0 Å². The van der Waals surface area contributed by atoms with Crippen LogP contribution in [0.25, 0.3) is 0 Å². The third kappa shape index (κ3) is 3.24. The Balaban J connectivity index is 2.46. The molecular weight excluding hydrogens is 496 g/mol. The van der Waals surface area contributed by atoms with Gasteiger partial charge in [-0.1, -0.05) is 47.8 Å². The van der Waals surface area contributed by atoms with Crippen LogP contribution in [0, 0.1) is 6.92 Å². The average Bonchev–Trinajstić information content (AvgIpc) is 2.60. The lowest BCUT2D eigenvalue weighted by Crippen LogP contribution is -1.92. The molecule has 5 heteroatoms. The van der Waals surface area contributed by atoms with Gasteiger partial charge in [0.2, 0.25) is 0 Å². The summed E-state index contributed by atoms with van der Waals surface area (Å²) in [5, 5.41) is 0. The summed E-state index contributed by atoms with van der Waals surface area (Å²) >= 11 is 16.3. The summed E-state index contributed by atoms with van der Waals surface area (Å²) in [5.74, 6) is 0. The van der Waals surface area contributed by atoms with Gasteiger partial charge in [0.1, 0.15) is 0 Å². The van der Waals surface area contributed by atoms with E-state index in [1.807, 2.05) is 6.07 Å². The fraction of sp³-hybridized carbons (Fsp3) is 0.167. The number of rotatable bonds is 2. The highest BCUT2D eigenvalue weighted by Crippen LogP contribution is 2.43. The lowest BCUT2D eigenvalue weighted by atomic mass is 10.1. The van der Waals surface area contributed by atoms with Gasteiger partial charge in [-0.2, -0.15) is 0 Å². The SMILES string of the molecule is Cc1cc(Br)c(C(Br)c2cc(Br)ccc2Br)s1. The van der Waals surface area contributed by atoms with Crippen molar-refractivity contribution >= 4 is 75.1 Å². The molecular formula is C12H8Br4S. The molecule has 0 aliphatic carbocycles. The normalized spacial score (nSPS) is 12.8. The summed E-state index contributed by atoms with van der Waals surface area (Å²) in [5.41, 5.74) is 1.22. The average molecular weight is 504 g/mol. The minimum Gasteiger partial charge on any atom is -0.143 e. The molecule has 0 saturated heterocycles. The molecule has 0 amide bonds. The smallest absolute Gasteiger partial charge is 0.0760 e. The third-order valence-electron chi connectivity index (χ3n) is 2.30. The van der Waals surface area contributed by atoms with Crippen LogP contribution in [0.5, 0.6) is 0 Å². The first-order valence-electron chi connectivity index (χ1n) is 4.84. The highest BCUT2D eigenvalue weighted by Gasteiger charge is 2.18. The second-order valence-corrected chi connectivity index (χ2v) is 8.43. The van der Waals surface area contributed by atoms with Gasteiger partial charge in [0.05, 0.1) is 4.83 Å². The van der Waals surface area contributed by atoms with Gasteiger partial charge in [-0.3, -0.25) is 0 Å². The maximum absolute atomic E-state index is 3.77. The molecule has 0 N–H and O–H groups in total. The van der Waals surface area contributed by atoms with Crippen LogP contribution in [0.1, 0.15) is 20.1 Å². The van der Waals surface area contributed by atoms with Gasteiger partial charge < -0.3 is 0 Å². The third-order valence-corrected chi connectivity index (χ3v) is 6.80. The minimum absolute atomic E-state index is 0.197. The van der Waals surface area contributed by atoms with E-state index in [-0.39, 0.29) is 4.83 Å². The molecule has 2 rings (SSSR count). The van der Waals surface area contributed by atoms with Crippen LogP contribution in [-0.2, 0) is 0 Å². The zero-order valence-corrected chi connectivity index (χ0v) is 16.0. The van der Waals surface area contributed by atoms with Gasteiger partial charge in [-0.25, -0.2) is 0 Å². The van der Waals surface area contributed by atoms with Crippen LogP contribution in [0.15, 0.2) is 37.7 Å². The summed E-state index contributed by atoms with van der Waals surface area (Å²) in [7, 11) is 0. The molecule has 0 aliphatic rings. The molecule has 0 saturated carbocycles.